The second-order valence-corrected chi connectivity index (χ2v) is 6.50. The average molecular weight is 387 g/mol. The van der Waals surface area contributed by atoms with E-state index in [9.17, 15) is 9.18 Å². The maximum Gasteiger partial charge on any atom is 0.411 e. The van der Waals surface area contributed by atoms with Gasteiger partial charge in [-0.25, -0.2) is 9.18 Å². The Kier molecular flexibility index (Phi) is 7.08. The molecule has 3 rings (SSSR count). The fourth-order valence-electron chi connectivity index (χ4n) is 3.15. The Morgan fingerprint density at radius 2 is 1.79 bits per heavy atom. The first-order valence-electron chi connectivity index (χ1n) is 9.54. The quantitative estimate of drug-likeness (QED) is 0.787. The SMILES string of the molecule is CCOc1ccccc1NC(=O)OCCN1CCN(c2ccc(F)cc2)CC1. The summed E-state index contributed by atoms with van der Waals surface area (Å²) < 4.78 is 23.8. The van der Waals surface area contributed by atoms with Gasteiger partial charge in [-0.05, 0) is 43.3 Å². The van der Waals surface area contributed by atoms with Crippen molar-refractivity contribution in [3.8, 4) is 5.75 Å². The molecule has 1 N–H and O–H groups in total. The number of nitrogens with zero attached hydrogens (tertiary/aromatic N) is 2. The number of nitrogens with one attached hydrogen (secondary N) is 1. The monoisotopic (exact) mass is 387 g/mol. The van der Waals surface area contributed by atoms with E-state index in [-0.39, 0.29) is 5.82 Å². The first kappa shape index (κ1) is 19.9. The van der Waals surface area contributed by atoms with Gasteiger partial charge in [-0.15, -0.1) is 0 Å². The third-order valence-corrected chi connectivity index (χ3v) is 4.63. The molecule has 0 radical (unpaired) electrons. The lowest BCUT2D eigenvalue weighted by Crippen LogP contribution is -2.47. The number of hydrogen-bond donors (Lipinski definition) is 1. The maximum atomic E-state index is 13.0. The van der Waals surface area contributed by atoms with Crippen LogP contribution in [-0.2, 0) is 4.74 Å². The van der Waals surface area contributed by atoms with Crippen LogP contribution >= 0.6 is 0 Å². The van der Waals surface area contributed by atoms with Crippen molar-refractivity contribution in [1.82, 2.24) is 4.90 Å². The first-order chi connectivity index (χ1) is 13.7. The van der Waals surface area contributed by atoms with Crippen molar-refractivity contribution >= 4 is 17.5 Å². The molecule has 28 heavy (non-hydrogen) atoms. The van der Waals surface area contributed by atoms with E-state index < -0.39 is 6.09 Å². The van der Waals surface area contributed by atoms with Crippen molar-refractivity contribution in [1.29, 1.82) is 0 Å². The van der Waals surface area contributed by atoms with E-state index in [1.807, 2.05) is 19.1 Å². The number of anilines is 2. The van der Waals surface area contributed by atoms with E-state index in [0.29, 0.717) is 31.2 Å². The Labute approximate surface area is 164 Å². The summed E-state index contributed by atoms with van der Waals surface area (Å²) in [5.74, 6) is 0.403. The number of carbonyl (C=O) groups is 1. The van der Waals surface area contributed by atoms with Gasteiger partial charge < -0.3 is 14.4 Å². The van der Waals surface area contributed by atoms with Gasteiger partial charge in [-0.2, -0.15) is 0 Å². The molecule has 6 nitrogen and oxygen atoms in total. The van der Waals surface area contributed by atoms with Crippen molar-refractivity contribution in [3.63, 3.8) is 0 Å². The highest BCUT2D eigenvalue weighted by Gasteiger charge is 2.17. The number of ether oxygens (including phenoxy) is 2. The Bertz CT molecular complexity index is 762. The van der Waals surface area contributed by atoms with Crippen LogP contribution in [0.4, 0.5) is 20.6 Å². The van der Waals surface area contributed by atoms with Crippen LogP contribution in [0.1, 0.15) is 6.92 Å². The van der Waals surface area contributed by atoms with Gasteiger partial charge >= 0.3 is 6.09 Å². The van der Waals surface area contributed by atoms with Gasteiger partial charge in [0.25, 0.3) is 0 Å². The van der Waals surface area contributed by atoms with Gasteiger partial charge in [0.05, 0.1) is 12.3 Å². The normalized spacial score (nSPS) is 14.6. The number of carbonyl (C=O) groups excluding carboxylic acids is 1. The molecule has 0 bridgehead atoms. The number of hydrogen-bond acceptors (Lipinski definition) is 5. The molecule has 1 fully saturated rings. The summed E-state index contributed by atoms with van der Waals surface area (Å²) in [6.07, 6.45) is -0.489. The number of para-hydroxylation sites is 2. The minimum absolute atomic E-state index is 0.221. The Morgan fingerprint density at radius 3 is 2.50 bits per heavy atom. The third-order valence-electron chi connectivity index (χ3n) is 4.63. The fourth-order valence-corrected chi connectivity index (χ4v) is 3.15. The molecule has 150 valence electrons. The second kappa shape index (κ2) is 9.94. The van der Waals surface area contributed by atoms with E-state index in [0.717, 1.165) is 31.9 Å². The summed E-state index contributed by atoms with van der Waals surface area (Å²) in [6.45, 7) is 6.88. The minimum atomic E-state index is -0.489. The standard InChI is InChI=1S/C21H26FN3O3/c1-2-27-20-6-4-3-5-19(20)23-21(26)28-16-15-24-11-13-25(14-12-24)18-9-7-17(22)8-10-18/h3-10H,2,11-16H2,1H3,(H,23,26). The third kappa shape index (κ3) is 5.60. The van der Waals surface area contributed by atoms with E-state index >= 15 is 0 Å². The lowest BCUT2D eigenvalue weighted by Gasteiger charge is -2.35. The molecule has 2 aromatic carbocycles. The number of amides is 1. The van der Waals surface area contributed by atoms with E-state index in [4.69, 9.17) is 9.47 Å². The molecule has 7 heteroatoms. The molecule has 0 unspecified atom stereocenters. The van der Waals surface area contributed by atoms with E-state index in [1.165, 1.54) is 12.1 Å². The van der Waals surface area contributed by atoms with Crippen molar-refractivity contribution in [2.24, 2.45) is 0 Å². The van der Waals surface area contributed by atoms with Crippen LogP contribution in [0.15, 0.2) is 48.5 Å². The lowest BCUT2D eigenvalue weighted by molar-refractivity contribution is 0.137. The van der Waals surface area contributed by atoms with Gasteiger partial charge in [0.15, 0.2) is 0 Å². The number of halogens is 1. The summed E-state index contributed by atoms with van der Waals surface area (Å²) in [6, 6.07) is 13.8. The molecule has 1 saturated heterocycles. The molecule has 0 aromatic heterocycles. The van der Waals surface area contributed by atoms with Gasteiger partial charge in [0.2, 0.25) is 0 Å². The molecule has 1 amide bonds. The largest absolute Gasteiger partial charge is 0.492 e. The molecule has 1 heterocycles. The van der Waals surface area contributed by atoms with Crippen LogP contribution in [0.2, 0.25) is 0 Å². The molecular formula is C21H26FN3O3. The van der Waals surface area contributed by atoms with Crippen molar-refractivity contribution in [3.05, 3.63) is 54.3 Å². The predicted molar refractivity (Wildman–Crippen MR) is 108 cm³/mol. The lowest BCUT2D eigenvalue weighted by atomic mass is 10.2. The Hall–Kier alpha value is -2.80. The highest BCUT2D eigenvalue weighted by Crippen LogP contribution is 2.23. The molecule has 2 aromatic rings. The number of piperazine rings is 1. The zero-order chi connectivity index (χ0) is 19.8. The van der Waals surface area contributed by atoms with E-state index in [1.54, 1.807) is 24.3 Å². The van der Waals surface area contributed by atoms with Gasteiger partial charge in [-0.3, -0.25) is 10.2 Å². The molecule has 0 atom stereocenters. The smallest absolute Gasteiger partial charge is 0.411 e. The summed E-state index contributed by atoms with van der Waals surface area (Å²) in [7, 11) is 0. The molecular weight excluding hydrogens is 361 g/mol. The Morgan fingerprint density at radius 1 is 1.07 bits per heavy atom. The molecule has 1 aliphatic heterocycles. The van der Waals surface area contributed by atoms with Gasteiger partial charge in [0, 0.05) is 38.4 Å². The highest BCUT2D eigenvalue weighted by atomic mass is 19.1. The number of rotatable bonds is 7. The van der Waals surface area contributed by atoms with Crippen molar-refractivity contribution < 1.29 is 18.7 Å². The van der Waals surface area contributed by atoms with Crippen LogP contribution in [0.5, 0.6) is 5.75 Å². The summed E-state index contributed by atoms with van der Waals surface area (Å²) >= 11 is 0. The Balaban J connectivity index is 1.38. The summed E-state index contributed by atoms with van der Waals surface area (Å²) in [5, 5.41) is 2.72. The second-order valence-electron chi connectivity index (χ2n) is 6.50. The summed E-state index contributed by atoms with van der Waals surface area (Å²) in [4.78, 5) is 16.5. The first-order valence-corrected chi connectivity index (χ1v) is 9.54. The van der Waals surface area contributed by atoms with Crippen LogP contribution < -0.4 is 15.0 Å². The summed E-state index contributed by atoms with van der Waals surface area (Å²) in [5.41, 5.74) is 1.63. The zero-order valence-corrected chi connectivity index (χ0v) is 16.1. The topological polar surface area (TPSA) is 54.0 Å². The van der Waals surface area contributed by atoms with E-state index in [2.05, 4.69) is 15.1 Å². The molecule has 1 aliphatic rings. The van der Waals surface area contributed by atoms with Crippen molar-refractivity contribution in [2.45, 2.75) is 6.92 Å². The molecule has 0 aliphatic carbocycles. The van der Waals surface area contributed by atoms with Crippen LogP contribution in [0.3, 0.4) is 0 Å². The molecule has 0 spiro atoms. The van der Waals surface area contributed by atoms with Crippen LogP contribution in [-0.4, -0.2) is 56.9 Å². The zero-order valence-electron chi connectivity index (χ0n) is 16.1. The highest BCUT2D eigenvalue weighted by molar-refractivity contribution is 5.86. The predicted octanol–water partition coefficient (Wildman–Crippen LogP) is 3.60. The average Bonchev–Trinajstić information content (AvgIpc) is 2.71. The minimum Gasteiger partial charge on any atom is -0.492 e. The fraction of sp³-hybridized carbons (Fsp3) is 0.381. The van der Waals surface area contributed by atoms with Crippen LogP contribution in [0.25, 0.3) is 0 Å². The van der Waals surface area contributed by atoms with Gasteiger partial charge in [-0.1, -0.05) is 12.1 Å². The van der Waals surface area contributed by atoms with Crippen LogP contribution in [0, 0.1) is 5.82 Å². The van der Waals surface area contributed by atoms with Gasteiger partial charge in [0.1, 0.15) is 18.2 Å². The number of benzene rings is 2. The van der Waals surface area contributed by atoms with Crippen molar-refractivity contribution in [2.75, 3.05) is 56.2 Å². The maximum absolute atomic E-state index is 13.0. The molecule has 0 saturated carbocycles.